The Hall–Kier alpha value is -0.130. The van der Waals surface area contributed by atoms with E-state index in [1.54, 1.807) is 0 Å². The molecule has 0 bridgehead atoms. The summed E-state index contributed by atoms with van der Waals surface area (Å²) in [6.45, 7) is 0. The molecule has 0 aliphatic rings. The van der Waals surface area contributed by atoms with Gasteiger partial charge in [-0.1, -0.05) is 0 Å². The highest BCUT2D eigenvalue weighted by atomic mass is 35.1. The van der Waals surface area contributed by atoms with Crippen LogP contribution in [0.1, 0.15) is 0 Å². The molecule has 0 saturated carbocycles. The summed E-state index contributed by atoms with van der Waals surface area (Å²) >= 11 is 0. The highest BCUT2D eigenvalue weighted by Gasteiger charge is 1.49. The molecule has 0 amide bonds. The van der Waals surface area contributed by atoms with Gasteiger partial charge in [0.05, 0.1) is 0 Å². The molecule has 0 aromatic heterocycles. The van der Waals surface area contributed by atoms with Crippen LogP contribution in [0.3, 0.4) is 0 Å². The van der Waals surface area contributed by atoms with E-state index in [0.717, 1.165) is 0 Å². The van der Waals surface area contributed by atoms with E-state index in [4.69, 9.17) is 17.5 Å². The third-order valence-corrected chi connectivity index (χ3v) is 0. The summed E-state index contributed by atoms with van der Waals surface area (Å²) in [4.78, 5) is 0. The highest BCUT2D eigenvalue weighted by Crippen LogP contribution is 1.57. The second-order valence-corrected chi connectivity index (χ2v) is 1.22. The van der Waals surface area contributed by atoms with E-state index in [0.29, 0.717) is 0 Å². The lowest BCUT2D eigenvalue weighted by atomic mass is 15.8. The van der Waals surface area contributed by atoms with Crippen LogP contribution in [-0.4, -0.2) is 17.5 Å². The molecule has 0 aliphatic heterocycles. The van der Waals surface area contributed by atoms with E-state index in [9.17, 15) is 0 Å². The predicted octanol–water partition coefficient (Wildman–Crippen LogP) is -1.34. The molecule has 5 heteroatoms. The molecule has 0 radical (unpaired) electrons. The third kappa shape index (κ3) is 801. The van der Waals surface area contributed by atoms with Gasteiger partial charge < -0.3 is 9.11 Å². The van der Waals surface area contributed by atoms with Gasteiger partial charge in [0.2, 0.25) is 0 Å². The van der Waals surface area contributed by atoms with Crippen molar-refractivity contribution in [3.05, 3.63) is 0 Å². The summed E-state index contributed by atoms with van der Waals surface area (Å²) in [5.41, 5.74) is 0. The highest BCUT2D eigenvalue weighted by molar-refractivity contribution is 7.79. The first-order chi connectivity index (χ1) is 2.00. The zero-order valence-electron chi connectivity index (χ0n) is 2.04. The van der Waals surface area contributed by atoms with Gasteiger partial charge in [-0.05, 0) is 0 Å². The van der Waals surface area contributed by atoms with Crippen molar-refractivity contribution in [3.8, 4) is 0 Å². The summed E-state index contributed by atoms with van der Waals surface area (Å²) in [6.07, 6.45) is 0. The fraction of sp³-hybridized carbons (Fsp3) is 0. The van der Waals surface area contributed by atoms with Crippen molar-refractivity contribution in [2.45, 2.75) is 0 Å². The van der Waals surface area contributed by atoms with Crippen molar-refractivity contribution in [3.63, 3.8) is 0 Å². The molecule has 0 atom stereocenters. The molecule has 0 N–H and O–H groups in total. The van der Waals surface area contributed by atoms with Crippen LogP contribution in [0.5, 0.6) is 0 Å². The Balaban J connectivity index is 4.06. The molecule has 0 unspecified atom stereocenters. The summed E-state index contributed by atoms with van der Waals surface area (Å²) in [5, 5.41) is 0. The van der Waals surface area contributed by atoms with Gasteiger partial charge in [-0.15, -0.1) is 0 Å². The smallest absolute Gasteiger partial charge is 0.0311 e. The Morgan fingerprint density at radius 3 is 1.20 bits per heavy atom. The molecular weight excluding hydrogens is 99.0 g/mol. The average molecular weight is 99.0 g/mol. The van der Waals surface area contributed by atoms with Crippen LogP contribution in [0, 0.1) is 0 Å². The lowest BCUT2D eigenvalue weighted by Crippen LogP contribution is -1.91. The summed E-state index contributed by atoms with van der Waals surface area (Å²) < 4.78 is 34.1. The van der Waals surface area contributed by atoms with Gasteiger partial charge in [0.15, 0.2) is 0 Å². The molecule has 5 heavy (non-hydrogen) atoms. The van der Waals surface area contributed by atoms with Crippen molar-refractivity contribution < 1.29 is 17.5 Å². The van der Waals surface area contributed by atoms with Gasteiger partial charge in [0.25, 0.3) is 0 Å². The predicted molar refractivity (Wildman–Crippen MR) is 10.5 cm³/mol. The van der Waals surface area contributed by atoms with Crippen molar-refractivity contribution in [1.82, 2.24) is 0 Å². The second kappa shape index (κ2) is 0.925. The lowest BCUT2D eigenvalue weighted by molar-refractivity contribution is 0.352. The van der Waals surface area contributed by atoms with Crippen LogP contribution in [0.25, 0.3) is 0 Å². The molecule has 0 aromatic carbocycles. The minimum Gasteiger partial charge on any atom is -0.759 e. The fourth-order valence-corrected chi connectivity index (χ4v) is 0. The minimum atomic E-state index is -5.17. The number of hydrogen-bond donors (Lipinski definition) is 0. The van der Waals surface area contributed by atoms with Crippen molar-refractivity contribution in [2.75, 3.05) is 0 Å². The third-order valence-electron chi connectivity index (χ3n) is 0. The van der Waals surface area contributed by atoms with Gasteiger partial charge in [-0.2, -0.15) is 0 Å². The van der Waals surface area contributed by atoms with Crippen LogP contribution in [0.15, 0.2) is 0 Å². The van der Waals surface area contributed by atoms with Gasteiger partial charge in [-0.3, -0.25) is 8.42 Å². The molecule has 0 spiro atoms. The van der Waals surface area contributed by atoms with Crippen LogP contribution >= 0.6 is 0 Å². The molecule has 0 rings (SSSR count). The van der Waals surface area contributed by atoms with E-state index in [-0.39, 0.29) is 0 Å². The quantitative estimate of drug-likeness (QED) is 0.278. The molecule has 0 aliphatic carbocycles. The summed E-state index contributed by atoms with van der Waals surface area (Å²) in [6, 6.07) is 0. The number of rotatable bonds is 0. The normalized spacial score (nSPS) is 11.6. The summed E-state index contributed by atoms with van der Waals surface area (Å²) in [7, 11) is -5.17. The molecule has 0 saturated heterocycles. The van der Waals surface area contributed by atoms with Gasteiger partial charge in [-0.25, -0.2) is 0 Å². The van der Waals surface area contributed by atoms with E-state index in [1.165, 1.54) is 0 Å². The minimum absolute atomic E-state index is 5.17. The maximum atomic E-state index is 8.52. The molecule has 4 nitrogen and oxygen atoms in total. The second-order valence-electron chi connectivity index (χ2n) is 0.408. The van der Waals surface area contributed by atoms with E-state index in [2.05, 4.69) is 0 Å². The fourth-order valence-electron chi connectivity index (χ4n) is 0. The zero-order valence-corrected chi connectivity index (χ0v) is 2.86. The van der Waals surface area contributed by atoms with Gasteiger partial charge >= 0.3 is 0 Å². The standard InChI is InChI=1S/H2O4S/c1-5(2,3)4/h(H2,1,2,3,4)/p-2/i5+3. The van der Waals surface area contributed by atoms with E-state index >= 15 is 0 Å². The lowest BCUT2D eigenvalue weighted by Gasteiger charge is -2.06. The van der Waals surface area contributed by atoms with Crippen LogP contribution in [0.2, 0.25) is 0 Å². The molecule has 0 heterocycles. The molecule has 0 fully saturated rings. The topological polar surface area (TPSA) is 80.3 Å². The Bertz CT molecular complexity index is 86.8. The first-order valence-electron chi connectivity index (χ1n) is 0.667. The van der Waals surface area contributed by atoms with E-state index < -0.39 is 10.4 Å². The SMILES string of the molecule is O=[35S](=O)([O-])[O-]. The van der Waals surface area contributed by atoms with Crippen LogP contribution < -0.4 is 0 Å². The number of hydrogen-bond acceptors (Lipinski definition) is 4. The first-order valence-corrected chi connectivity index (χ1v) is 2.00. The largest absolute Gasteiger partial charge is 0.759 e. The summed E-state index contributed by atoms with van der Waals surface area (Å²) in [5.74, 6) is 0. The first kappa shape index (κ1) is 4.87. The Morgan fingerprint density at radius 2 is 1.20 bits per heavy atom. The maximum absolute atomic E-state index is 8.52. The Kier molecular flexibility index (Phi) is 0.901. The zero-order chi connectivity index (χ0) is 4.50. The Labute approximate surface area is 29.0 Å². The average Bonchev–Trinajstić information content (AvgIpc) is 0.722. The van der Waals surface area contributed by atoms with Crippen LogP contribution in [0.4, 0.5) is 0 Å². The molecule has 32 valence electrons. The van der Waals surface area contributed by atoms with Gasteiger partial charge in [0.1, 0.15) is 0 Å². The van der Waals surface area contributed by atoms with Crippen molar-refractivity contribution in [1.29, 1.82) is 0 Å². The van der Waals surface area contributed by atoms with Crippen LogP contribution in [-0.2, 0) is 10.4 Å². The van der Waals surface area contributed by atoms with Crippen molar-refractivity contribution >= 4 is 10.4 Å². The monoisotopic (exact) mass is 98.9 g/mol. The van der Waals surface area contributed by atoms with E-state index in [1.807, 2.05) is 0 Å². The van der Waals surface area contributed by atoms with Gasteiger partial charge in [0, 0.05) is 10.4 Å². The Morgan fingerprint density at radius 1 is 1.20 bits per heavy atom. The molecular formula is O4S-2. The molecule has 0 aromatic rings. The maximum Gasteiger partial charge on any atom is 0.0311 e. The van der Waals surface area contributed by atoms with Crippen molar-refractivity contribution in [2.24, 2.45) is 0 Å².